The minimum absolute atomic E-state index is 0.198. The lowest BCUT2D eigenvalue weighted by atomic mass is 10.1. The molecule has 0 unspecified atom stereocenters. The second-order valence-electron chi connectivity index (χ2n) is 5.70. The van der Waals surface area contributed by atoms with E-state index in [0.717, 1.165) is 0 Å². The lowest BCUT2D eigenvalue weighted by Gasteiger charge is -2.24. The summed E-state index contributed by atoms with van der Waals surface area (Å²) in [6.45, 7) is 7.23. The Bertz CT molecular complexity index is 336. The van der Waals surface area contributed by atoms with Crippen molar-refractivity contribution in [1.82, 2.24) is 5.32 Å². The summed E-state index contributed by atoms with van der Waals surface area (Å²) in [6.07, 6.45) is 0.105. The number of hydrogen-bond acceptors (Lipinski definition) is 5. The molecule has 1 rings (SSSR count). The van der Waals surface area contributed by atoms with Gasteiger partial charge in [0.05, 0.1) is 19.3 Å². The topological polar surface area (TPSA) is 73.9 Å². The number of ether oxygens (including phenoxy) is 3. The first-order chi connectivity index (χ1) is 8.73. The van der Waals surface area contributed by atoms with Gasteiger partial charge in [0, 0.05) is 0 Å². The molecule has 6 heteroatoms. The van der Waals surface area contributed by atoms with Crippen molar-refractivity contribution >= 4 is 12.1 Å². The molecule has 1 fully saturated rings. The van der Waals surface area contributed by atoms with Crippen LogP contribution in [0.3, 0.4) is 0 Å². The fourth-order valence-electron chi connectivity index (χ4n) is 1.92. The highest BCUT2D eigenvalue weighted by molar-refractivity contribution is 5.74. The Morgan fingerprint density at radius 1 is 1.32 bits per heavy atom. The molecule has 19 heavy (non-hydrogen) atoms. The van der Waals surface area contributed by atoms with Crippen LogP contribution < -0.4 is 5.32 Å². The maximum atomic E-state index is 11.6. The molecule has 0 saturated carbocycles. The third kappa shape index (κ3) is 5.06. The highest BCUT2D eigenvalue weighted by atomic mass is 16.6. The number of alkyl carbamates (subject to hydrolysis) is 1. The van der Waals surface area contributed by atoms with Gasteiger partial charge < -0.3 is 19.5 Å². The van der Waals surface area contributed by atoms with Crippen LogP contribution in [0.1, 0.15) is 40.5 Å². The zero-order valence-electron chi connectivity index (χ0n) is 12.2. The predicted octanol–water partition coefficient (Wildman–Crippen LogP) is 1.62. The van der Waals surface area contributed by atoms with Gasteiger partial charge in [-0.2, -0.15) is 0 Å². The third-order valence-electron chi connectivity index (χ3n) is 2.82. The monoisotopic (exact) mass is 273 g/mol. The number of hydrogen-bond donors (Lipinski definition) is 1. The molecule has 0 bridgehead atoms. The van der Waals surface area contributed by atoms with E-state index in [2.05, 4.69) is 10.1 Å². The molecule has 1 heterocycles. The van der Waals surface area contributed by atoms with Gasteiger partial charge in [-0.25, -0.2) is 9.59 Å². The van der Waals surface area contributed by atoms with E-state index >= 15 is 0 Å². The van der Waals surface area contributed by atoms with E-state index in [1.165, 1.54) is 7.11 Å². The molecule has 1 saturated heterocycles. The highest BCUT2D eigenvalue weighted by Gasteiger charge is 2.35. The van der Waals surface area contributed by atoms with E-state index in [4.69, 9.17) is 9.47 Å². The molecule has 3 atom stereocenters. The first-order valence-electron chi connectivity index (χ1n) is 6.45. The van der Waals surface area contributed by atoms with Crippen LogP contribution in [0.15, 0.2) is 0 Å². The minimum Gasteiger partial charge on any atom is -0.467 e. The summed E-state index contributed by atoms with van der Waals surface area (Å²) in [5, 5.41) is 2.72. The van der Waals surface area contributed by atoms with Crippen LogP contribution in [0, 0.1) is 0 Å². The number of methoxy groups -OCH3 is 1. The summed E-state index contributed by atoms with van der Waals surface area (Å²) < 4.78 is 15.4. The van der Waals surface area contributed by atoms with E-state index in [9.17, 15) is 9.59 Å². The van der Waals surface area contributed by atoms with Crippen molar-refractivity contribution in [2.24, 2.45) is 0 Å². The molecule has 6 nitrogen and oxygen atoms in total. The third-order valence-corrected chi connectivity index (χ3v) is 2.82. The molecule has 0 radical (unpaired) electrons. The van der Waals surface area contributed by atoms with E-state index in [-0.39, 0.29) is 18.1 Å². The van der Waals surface area contributed by atoms with E-state index in [1.807, 2.05) is 6.92 Å². The van der Waals surface area contributed by atoms with Gasteiger partial charge in [-0.05, 0) is 40.5 Å². The Hall–Kier alpha value is -1.30. The quantitative estimate of drug-likeness (QED) is 0.791. The van der Waals surface area contributed by atoms with Gasteiger partial charge in [-0.15, -0.1) is 0 Å². The molecular weight excluding hydrogens is 250 g/mol. The van der Waals surface area contributed by atoms with E-state index in [0.29, 0.717) is 12.8 Å². The number of rotatable bonds is 3. The number of esters is 1. The maximum absolute atomic E-state index is 11.6. The lowest BCUT2D eigenvalue weighted by molar-refractivity contribution is -0.153. The highest BCUT2D eigenvalue weighted by Crippen LogP contribution is 2.23. The maximum Gasteiger partial charge on any atom is 0.407 e. The molecule has 0 aromatic carbocycles. The fourth-order valence-corrected chi connectivity index (χ4v) is 1.92. The Morgan fingerprint density at radius 2 is 1.95 bits per heavy atom. The van der Waals surface area contributed by atoms with Crippen molar-refractivity contribution in [2.75, 3.05) is 7.11 Å². The number of amides is 1. The van der Waals surface area contributed by atoms with Crippen molar-refractivity contribution < 1.29 is 23.8 Å². The van der Waals surface area contributed by atoms with Crippen LogP contribution in [-0.2, 0) is 19.0 Å². The zero-order chi connectivity index (χ0) is 14.6. The first-order valence-corrected chi connectivity index (χ1v) is 6.45. The number of nitrogens with one attached hydrogen (secondary N) is 1. The van der Waals surface area contributed by atoms with Crippen molar-refractivity contribution in [2.45, 2.75) is 64.4 Å². The van der Waals surface area contributed by atoms with Crippen LogP contribution in [0.25, 0.3) is 0 Å². The summed E-state index contributed by atoms with van der Waals surface area (Å²) in [5.41, 5.74) is -0.533. The smallest absolute Gasteiger partial charge is 0.407 e. The summed E-state index contributed by atoms with van der Waals surface area (Å²) >= 11 is 0. The lowest BCUT2D eigenvalue weighted by Crippen LogP contribution is -2.44. The van der Waals surface area contributed by atoms with Gasteiger partial charge in [0.15, 0.2) is 6.10 Å². The molecule has 110 valence electrons. The van der Waals surface area contributed by atoms with Crippen LogP contribution in [-0.4, -0.2) is 43.0 Å². The number of carbonyl (C=O) groups is 2. The Morgan fingerprint density at radius 3 is 2.47 bits per heavy atom. The molecule has 1 amide bonds. The minimum atomic E-state index is -0.533. The average Bonchev–Trinajstić information content (AvgIpc) is 2.74. The van der Waals surface area contributed by atoms with Gasteiger partial charge in [0.2, 0.25) is 0 Å². The van der Waals surface area contributed by atoms with Gasteiger partial charge in [0.1, 0.15) is 5.60 Å². The standard InChI is InChI=1S/C13H23NO5/c1-8(14-12(16)19-13(2,3)4)9-6-7-10(18-9)11(15)17-5/h8-10H,6-7H2,1-5H3,(H,14,16)/t8-,9+,10-/m1/s1. The molecule has 1 N–H and O–H groups in total. The van der Waals surface area contributed by atoms with Crippen molar-refractivity contribution in [1.29, 1.82) is 0 Å². The Labute approximate surface area is 113 Å². The van der Waals surface area contributed by atoms with Crippen LogP contribution in [0.5, 0.6) is 0 Å². The second-order valence-corrected chi connectivity index (χ2v) is 5.70. The van der Waals surface area contributed by atoms with Gasteiger partial charge in [0.25, 0.3) is 0 Å². The molecule has 1 aliphatic rings. The second kappa shape index (κ2) is 6.23. The molecule has 1 aliphatic heterocycles. The van der Waals surface area contributed by atoms with E-state index < -0.39 is 17.8 Å². The summed E-state index contributed by atoms with van der Waals surface area (Å²) in [4.78, 5) is 22.9. The molecule has 0 aliphatic carbocycles. The normalized spacial score (nSPS) is 24.7. The fraction of sp³-hybridized carbons (Fsp3) is 0.846. The van der Waals surface area contributed by atoms with Gasteiger partial charge in [-0.3, -0.25) is 0 Å². The van der Waals surface area contributed by atoms with Crippen LogP contribution >= 0.6 is 0 Å². The summed E-state index contributed by atoms with van der Waals surface area (Å²) in [7, 11) is 1.33. The van der Waals surface area contributed by atoms with Crippen molar-refractivity contribution in [3.8, 4) is 0 Å². The largest absolute Gasteiger partial charge is 0.467 e. The van der Waals surface area contributed by atoms with Crippen molar-refractivity contribution in [3.05, 3.63) is 0 Å². The average molecular weight is 273 g/mol. The van der Waals surface area contributed by atoms with Gasteiger partial charge >= 0.3 is 12.1 Å². The Kier molecular flexibility index (Phi) is 5.17. The van der Waals surface area contributed by atoms with E-state index in [1.54, 1.807) is 20.8 Å². The summed E-state index contributed by atoms with van der Waals surface area (Å²) in [6, 6.07) is -0.218. The zero-order valence-corrected chi connectivity index (χ0v) is 12.2. The molecular formula is C13H23NO5. The van der Waals surface area contributed by atoms with Crippen molar-refractivity contribution in [3.63, 3.8) is 0 Å². The first kappa shape index (κ1) is 15.8. The van der Waals surface area contributed by atoms with Crippen LogP contribution in [0.2, 0.25) is 0 Å². The molecule has 0 spiro atoms. The SMILES string of the molecule is COC(=O)[C@H]1CC[C@@H]([C@@H](C)NC(=O)OC(C)(C)C)O1. The predicted molar refractivity (Wildman–Crippen MR) is 68.7 cm³/mol. The summed E-state index contributed by atoms with van der Waals surface area (Å²) in [5.74, 6) is -0.369. The molecule has 0 aromatic rings. The van der Waals surface area contributed by atoms with Gasteiger partial charge in [-0.1, -0.05) is 0 Å². The number of carbonyl (C=O) groups excluding carboxylic acids is 2. The van der Waals surface area contributed by atoms with Crippen LogP contribution in [0.4, 0.5) is 4.79 Å². The molecule has 0 aromatic heterocycles. The Balaban J connectivity index is 2.41.